The molecule has 26 heavy (non-hydrogen) atoms. The van der Waals surface area contributed by atoms with Gasteiger partial charge in [-0.05, 0) is 49.0 Å². The molecule has 1 atom stereocenters. The van der Waals surface area contributed by atoms with Crippen LogP contribution in [0, 0.1) is 5.92 Å². The van der Waals surface area contributed by atoms with Crippen LogP contribution in [0.1, 0.15) is 24.4 Å². The number of nitrogens with zero attached hydrogens (tertiary/aromatic N) is 4. The number of hydrogen-bond acceptors (Lipinski definition) is 5. The summed E-state index contributed by atoms with van der Waals surface area (Å²) in [5.74, 6) is 1.45. The standard InChI is InChI=1S/C20H22N4O2/c25-12-14-1-3-15(4-2-14)17-9-20(26-13-17)18-10-24(22-21-18)19-11-23-7-5-16(19)6-8-23/h1-4,9-10,13,16,19,25H,5-8,11-12H2. The van der Waals surface area contributed by atoms with E-state index in [1.807, 2.05) is 41.2 Å². The zero-order valence-electron chi connectivity index (χ0n) is 14.6. The molecule has 3 fully saturated rings. The van der Waals surface area contributed by atoms with E-state index in [2.05, 4.69) is 15.2 Å². The summed E-state index contributed by atoms with van der Waals surface area (Å²) in [5.41, 5.74) is 3.74. The molecule has 1 N–H and O–H groups in total. The van der Waals surface area contributed by atoms with E-state index in [9.17, 15) is 0 Å². The number of hydrogen-bond donors (Lipinski definition) is 1. The van der Waals surface area contributed by atoms with Gasteiger partial charge in [0.15, 0.2) is 5.76 Å². The summed E-state index contributed by atoms with van der Waals surface area (Å²) in [6, 6.07) is 10.3. The summed E-state index contributed by atoms with van der Waals surface area (Å²) in [6.07, 6.45) is 6.28. The van der Waals surface area contributed by atoms with Gasteiger partial charge in [-0.2, -0.15) is 0 Å². The van der Waals surface area contributed by atoms with E-state index >= 15 is 0 Å². The van der Waals surface area contributed by atoms with Gasteiger partial charge in [0.2, 0.25) is 0 Å². The highest BCUT2D eigenvalue weighted by Crippen LogP contribution is 2.36. The van der Waals surface area contributed by atoms with E-state index in [0.29, 0.717) is 12.0 Å². The summed E-state index contributed by atoms with van der Waals surface area (Å²) in [4.78, 5) is 2.52. The van der Waals surface area contributed by atoms with Crippen LogP contribution in [-0.4, -0.2) is 44.6 Å². The minimum absolute atomic E-state index is 0.0552. The molecule has 3 aliphatic rings. The number of furan rings is 1. The van der Waals surface area contributed by atoms with Gasteiger partial charge in [0.05, 0.1) is 25.1 Å². The molecule has 5 heterocycles. The quantitative estimate of drug-likeness (QED) is 0.783. The highest BCUT2D eigenvalue weighted by atomic mass is 16.3. The average molecular weight is 350 g/mol. The third-order valence-electron chi connectivity index (χ3n) is 5.79. The molecule has 0 aliphatic carbocycles. The number of aromatic nitrogens is 3. The third-order valence-corrected chi connectivity index (χ3v) is 5.79. The second kappa shape index (κ2) is 6.37. The fraction of sp³-hybridized carbons (Fsp3) is 0.400. The van der Waals surface area contributed by atoms with Crippen LogP contribution < -0.4 is 0 Å². The third kappa shape index (κ3) is 2.75. The zero-order chi connectivity index (χ0) is 17.5. The summed E-state index contributed by atoms with van der Waals surface area (Å²) in [5, 5.41) is 17.9. The van der Waals surface area contributed by atoms with Crippen LogP contribution in [0.25, 0.3) is 22.6 Å². The first kappa shape index (κ1) is 15.8. The number of rotatable bonds is 4. The largest absolute Gasteiger partial charge is 0.462 e. The monoisotopic (exact) mass is 350 g/mol. The highest BCUT2D eigenvalue weighted by Gasteiger charge is 2.35. The number of fused-ring (bicyclic) bond motifs is 3. The van der Waals surface area contributed by atoms with Gasteiger partial charge in [-0.3, -0.25) is 0 Å². The second-order valence-electron chi connectivity index (χ2n) is 7.34. The van der Waals surface area contributed by atoms with Crippen LogP contribution in [0.3, 0.4) is 0 Å². The van der Waals surface area contributed by atoms with Gasteiger partial charge in [0.25, 0.3) is 0 Å². The zero-order valence-corrected chi connectivity index (χ0v) is 14.6. The Morgan fingerprint density at radius 3 is 2.62 bits per heavy atom. The van der Waals surface area contributed by atoms with E-state index in [0.717, 1.165) is 34.7 Å². The smallest absolute Gasteiger partial charge is 0.156 e. The van der Waals surface area contributed by atoms with Gasteiger partial charge in [-0.25, -0.2) is 4.68 Å². The Balaban J connectivity index is 1.37. The van der Waals surface area contributed by atoms with Crippen molar-refractivity contribution in [3.8, 4) is 22.6 Å². The topological polar surface area (TPSA) is 67.3 Å². The molecule has 2 bridgehead atoms. The van der Waals surface area contributed by atoms with Gasteiger partial charge < -0.3 is 14.4 Å². The molecule has 3 saturated heterocycles. The van der Waals surface area contributed by atoms with E-state index in [4.69, 9.17) is 9.52 Å². The van der Waals surface area contributed by atoms with Gasteiger partial charge in [0.1, 0.15) is 5.69 Å². The van der Waals surface area contributed by atoms with E-state index in [1.54, 1.807) is 6.26 Å². The first-order valence-corrected chi connectivity index (χ1v) is 9.23. The molecule has 6 nitrogen and oxygen atoms in total. The fourth-order valence-corrected chi connectivity index (χ4v) is 4.21. The number of piperidine rings is 3. The summed E-state index contributed by atoms with van der Waals surface area (Å²) < 4.78 is 7.78. The molecule has 3 aromatic rings. The van der Waals surface area contributed by atoms with Crippen molar-refractivity contribution >= 4 is 0 Å². The van der Waals surface area contributed by atoms with Crippen LogP contribution in [0.4, 0.5) is 0 Å². The minimum Gasteiger partial charge on any atom is -0.462 e. The Morgan fingerprint density at radius 1 is 1.12 bits per heavy atom. The van der Waals surface area contributed by atoms with Crippen molar-refractivity contribution < 1.29 is 9.52 Å². The van der Waals surface area contributed by atoms with E-state index in [1.165, 1.54) is 25.9 Å². The Labute approximate surface area is 152 Å². The second-order valence-corrected chi connectivity index (χ2v) is 7.34. The van der Waals surface area contributed by atoms with E-state index < -0.39 is 0 Å². The van der Waals surface area contributed by atoms with Gasteiger partial charge >= 0.3 is 0 Å². The molecule has 6 rings (SSSR count). The maximum absolute atomic E-state index is 9.16. The van der Waals surface area contributed by atoms with Crippen molar-refractivity contribution in [1.82, 2.24) is 19.9 Å². The van der Waals surface area contributed by atoms with Crippen molar-refractivity contribution in [1.29, 1.82) is 0 Å². The van der Waals surface area contributed by atoms with Crippen molar-refractivity contribution in [3.05, 3.63) is 48.4 Å². The van der Waals surface area contributed by atoms with Gasteiger partial charge in [0, 0.05) is 12.1 Å². The number of aliphatic hydroxyl groups is 1. The number of aliphatic hydroxyl groups excluding tert-OH is 1. The summed E-state index contributed by atoms with van der Waals surface area (Å²) in [7, 11) is 0. The lowest BCUT2D eigenvalue weighted by atomic mass is 9.84. The molecule has 0 radical (unpaired) electrons. The summed E-state index contributed by atoms with van der Waals surface area (Å²) >= 11 is 0. The Kier molecular flexibility index (Phi) is 3.87. The van der Waals surface area contributed by atoms with Crippen LogP contribution in [-0.2, 0) is 6.61 Å². The molecule has 0 amide bonds. The van der Waals surface area contributed by atoms with Gasteiger partial charge in [-0.15, -0.1) is 5.10 Å². The first-order valence-electron chi connectivity index (χ1n) is 9.23. The lowest BCUT2D eigenvalue weighted by molar-refractivity contribution is 0.0504. The lowest BCUT2D eigenvalue weighted by Crippen LogP contribution is -2.48. The van der Waals surface area contributed by atoms with Crippen molar-refractivity contribution in [2.45, 2.75) is 25.5 Å². The van der Waals surface area contributed by atoms with E-state index in [-0.39, 0.29) is 6.61 Å². The first-order chi connectivity index (χ1) is 12.8. The molecule has 1 aromatic carbocycles. The number of benzene rings is 1. The van der Waals surface area contributed by atoms with Crippen LogP contribution >= 0.6 is 0 Å². The van der Waals surface area contributed by atoms with Crippen molar-refractivity contribution in [2.24, 2.45) is 5.92 Å². The minimum atomic E-state index is 0.0552. The fourth-order valence-electron chi connectivity index (χ4n) is 4.21. The maximum atomic E-state index is 9.16. The molecule has 0 spiro atoms. The molecule has 134 valence electrons. The van der Waals surface area contributed by atoms with Gasteiger partial charge in [-0.1, -0.05) is 29.5 Å². The van der Waals surface area contributed by atoms with Crippen molar-refractivity contribution in [2.75, 3.05) is 19.6 Å². The summed E-state index contributed by atoms with van der Waals surface area (Å²) in [6.45, 7) is 3.58. The Bertz CT molecular complexity index is 891. The predicted molar refractivity (Wildman–Crippen MR) is 97.3 cm³/mol. The highest BCUT2D eigenvalue weighted by molar-refractivity contribution is 5.68. The predicted octanol–water partition coefficient (Wildman–Crippen LogP) is 2.96. The molecule has 2 aromatic heterocycles. The molecule has 0 saturated carbocycles. The Morgan fingerprint density at radius 2 is 1.92 bits per heavy atom. The molecule has 3 aliphatic heterocycles. The maximum Gasteiger partial charge on any atom is 0.156 e. The lowest BCUT2D eigenvalue weighted by Gasteiger charge is -2.44. The molecule has 6 heteroatoms. The van der Waals surface area contributed by atoms with Crippen molar-refractivity contribution in [3.63, 3.8) is 0 Å². The van der Waals surface area contributed by atoms with Crippen LogP contribution in [0.5, 0.6) is 0 Å². The van der Waals surface area contributed by atoms with Crippen LogP contribution in [0.15, 0.2) is 47.2 Å². The molecule has 1 unspecified atom stereocenters. The molecular weight excluding hydrogens is 328 g/mol. The van der Waals surface area contributed by atoms with Crippen LogP contribution in [0.2, 0.25) is 0 Å². The molecular formula is C20H22N4O2. The SMILES string of the molecule is OCc1ccc(-c2coc(-c3cn(C4CN5CCC4CC5)nn3)c2)cc1. The average Bonchev–Trinajstić information content (AvgIpc) is 3.38. The normalized spacial score (nSPS) is 24.9. The Hall–Kier alpha value is -2.44.